The molecule has 2 aromatic rings. The molecule has 150 valence electrons. The number of nitrogens with one attached hydrogen (secondary N) is 3. The zero-order valence-corrected chi connectivity index (χ0v) is 16.8. The van der Waals surface area contributed by atoms with Crippen LogP contribution >= 0.6 is 25.3 Å². The van der Waals surface area contributed by atoms with Gasteiger partial charge in [-0.2, -0.15) is 25.3 Å². The van der Waals surface area contributed by atoms with Crippen LogP contribution < -0.4 is 10.6 Å². The van der Waals surface area contributed by atoms with Gasteiger partial charge in [0.25, 0.3) is 5.91 Å². The monoisotopic (exact) mass is 422 g/mol. The number of rotatable bonds is 10. The van der Waals surface area contributed by atoms with E-state index in [1.165, 1.54) is 12.5 Å². The maximum atomic E-state index is 12.3. The Labute approximate surface area is 173 Å². The van der Waals surface area contributed by atoms with E-state index in [4.69, 9.17) is 0 Å². The topological polar surface area (TPSA) is 124 Å². The van der Waals surface area contributed by atoms with Crippen LogP contribution in [0.5, 0.6) is 0 Å². The Hall–Kier alpha value is -2.46. The fourth-order valence-electron chi connectivity index (χ4n) is 2.55. The van der Waals surface area contributed by atoms with Gasteiger partial charge in [-0.25, -0.2) is 9.78 Å². The number of hydrogen-bond acceptors (Lipinski definition) is 6. The van der Waals surface area contributed by atoms with E-state index in [1.54, 1.807) is 12.1 Å². The molecule has 2 rings (SSSR count). The molecule has 4 N–H and O–H groups in total. The molecular formula is C18H22N4O4S2. The molecule has 0 aliphatic rings. The number of amides is 2. The summed E-state index contributed by atoms with van der Waals surface area (Å²) in [5.41, 5.74) is 2.88. The van der Waals surface area contributed by atoms with Gasteiger partial charge >= 0.3 is 5.97 Å². The lowest BCUT2D eigenvalue weighted by Crippen LogP contribution is -2.43. The van der Waals surface area contributed by atoms with Gasteiger partial charge in [0.2, 0.25) is 5.91 Å². The highest BCUT2D eigenvalue weighted by Crippen LogP contribution is 2.14. The average molecular weight is 423 g/mol. The second-order valence-corrected chi connectivity index (χ2v) is 6.73. The number of benzene rings is 1. The van der Waals surface area contributed by atoms with Crippen LogP contribution in [-0.4, -0.2) is 45.4 Å². The van der Waals surface area contributed by atoms with Crippen molar-refractivity contribution in [2.75, 3.05) is 6.54 Å². The predicted octanol–water partition coefficient (Wildman–Crippen LogP) is 1.20. The second kappa shape index (κ2) is 10.8. The Morgan fingerprint density at radius 3 is 2.36 bits per heavy atom. The molecule has 0 aliphatic heterocycles. The summed E-state index contributed by atoms with van der Waals surface area (Å²) in [5, 5.41) is 14.4. The Bertz CT molecular complexity index is 805. The summed E-state index contributed by atoms with van der Waals surface area (Å²) >= 11 is 8.45. The zero-order valence-electron chi connectivity index (χ0n) is 15.0. The third-order valence-electron chi connectivity index (χ3n) is 3.93. The summed E-state index contributed by atoms with van der Waals surface area (Å²) in [6.07, 6.45) is 2.99. The molecule has 1 aromatic heterocycles. The minimum Gasteiger partial charge on any atom is -0.480 e. The largest absolute Gasteiger partial charge is 0.480 e. The van der Waals surface area contributed by atoms with Crippen LogP contribution in [0.25, 0.3) is 0 Å². The molecule has 0 unspecified atom stereocenters. The maximum absolute atomic E-state index is 12.3. The minimum atomic E-state index is -1.14. The molecule has 1 atom stereocenters. The number of aromatic amines is 1. The van der Waals surface area contributed by atoms with Gasteiger partial charge in [0.15, 0.2) is 0 Å². The van der Waals surface area contributed by atoms with Crippen molar-refractivity contribution in [1.82, 2.24) is 20.6 Å². The van der Waals surface area contributed by atoms with Gasteiger partial charge < -0.3 is 20.7 Å². The van der Waals surface area contributed by atoms with Gasteiger partial charge in [0.05, 0.1) is 6.33 Å². The summed E-state index contributed by atoms with van der Waals surface area (Å²) in [5.74, 6) is -0.928. The van der Waals surface area contributed by atoms with Crippen LogP contribution in [0, 0.1) is 0 Å². The van der Waals surface area contributed by atoms with Gasteiger partial charge in [-0.05, 0) is 23.3 Å². The fourth-order valence-corrected chi connectivity index (χ4v) is 2.92. The molecule has 1 aromatic carbocycles. The second-order valence-electron chi connectivity index (χ2n) is 6.10. The van der Waals surface area contributed by atoms with Gasteiger partial charge in [-0.1, -0.05) is 6.07 Å². The van der Waals surface area contributed by atoms with Crippen LogP contribution in [0.1, 0.15) is 33.6 Å². The molecule has 8 nitrogen and oxygen atoms in total. The Kier molecular flexibility index (Phi) is 8.40. The van der Waals surface area contributed by atoms with Crippen molar-refractivity contribution in [3.05, 3.63) is 53.1 Å². The molecule has 1 heterocycles. The molecule has 10 heteroatoms. The Morgan fingerprint density at radius 2 is 1.82 bits per heavy atom. The number of carbonyl (C=O) groups excluding carboxylic acids is 2. The summed E-state index contributed by atoms with van der Waals surface area (Å²) < 4.78 is 0. The van der Waals surface area contributed by atoms with Crippen LogP contribution in [0.4, 0.5) is 0 Å². The number of thiol groups is 2. The van der Waals surface area contributed by atoms with E-state index in [1.807, 2.05) is 6.07 Å². The van der Waals surface area contributed by atoms with E-state index < -0.39 is 17.9 Å². The number of carboxylic acids is 1. The molecule has 2 amide bonds. The summed E-state index contributed by atoms with van der Waals surface area (Å²) in [7, 11) is 0. The number of aromatic nitrogens is 2. The lowest BCUT2D eigenvalue weighted by Gasteiger charge is -2.14. The number of H-pyrrole nitrogens is 1. The van der Waals surface area contributed by atoms with Crippen molar-refractivity contribution in [2.45, 2.75) is 30.4 Å². The van der Waals surface area contributed by atoms with E-state index in [9.17, 15) is 19.5 Å². The van der Waals surface area contributed by atoms with Gasteiger partial charge in [0, 0.05) is 48.3 Å². The maximum Gasteiger partial charge on any atom is 0.326 e. The number of carbonyl (C=O) groups is 3. The van der Waals surface area contributed by atoms with E-state index in [-0.39, 0.29) is 25.3 Å². The van der Waals surface area contributed by atoms with Crippen LogP contribution in [0.15, 0.2) is 30.7 Å². The van der Waals surface area contributed by atoms with E-state index >= 15 is 0 Å². The molecule has 0 radical (unpaired) electrons. The minimum absolute atomic E-state index is 0.0375. The van der Waals surface area contributed by atoms with Gasteiger partial charge in [-0.15, -0.1) is 0 Å². The number of aliphatic carboxylic acids is 1. The molecule has 0 bridgehead atoms. The first-order valence-corrected chi connectivity index (χ1v) is 9.81. The third-order valence-corrected chi connectivity index (χ3v) is 4.66. The van der Waals surface area contributed by atoms with Crippen molar-refractivity contribution in [1.29, 1.82) is 0 Å². The molecule has 0 spiro atoms. The highest BCUT2D eigenvalue weighted by atomic mass is 32.1. The molecule has 0 saturated carbocycles. The van der Waals surface area contributed by atoms with E-state index in [0.717, 1.165) is 11.1 Å². The molecule has 0 aliphatic carbocycles. The standard InChI is InChI=1S/C18H22N4O4S2/c23-16(22-15(18(25)26)6-14-7-19-10-21-14)1-2-20-17(24)13-4-11(8-27)3-12(5-13)9-28/h3-5,7,10,15,27-28H,1-2,6,8-9H2,(H,19,21)(H,20,24)(H,22,23)(H,25,26)/t15-/m0/s1. The molecule has 0 fully saturated rings. The molecule has 0 saturated heterocycles. The van der Waals surface area contributed by atoms with Gasteiger partial charge in [-0.3, -0.25) is 9.59 Å². The first kappa shape index (κ1) is 21.8. The smallest absolute Gasteiger partial charge is 0.326 e. The third kappa shape index (κ3) is 6.61. The lowest BCUT2D eigenvalue weighted by molar-refractivity contribution is -0.141. The van der Waals surface area contributed by atoms with E-state index in [2.05, 4.69) is 45.9 Å². The van der Waals surface area contributed by atoms with Crippen molar-refractivity contribution in [2.24, 2.45) is 0 Å². The highest BCUT2D eigenvalue weighted by Gasteiger charge is 2.21. The van der Waals surface area contributed by atoms with Crippen molar-refractivity contribution >= 4 is 43.0 Å². The number of nitrogens with zero attached hydrogens (tertiary/aromatic N) is 1. The molecule has 28 heavy (non-hydrogen) atoms. The first-order valence-electron chi connectivity index (χ1n) is 8.55. The summed E-state index contributed by atoms with van der Waals surface area (Å²) in [6, 6.07) is 4.32. The van der Waals surface area contributed by atoms with E-state index in [0.29, 0.717) is 22.8 Å². The Balaban J connectivity index is 1.85. The number of hydrogen-bond donors (Lipinski definition) is 6. The zero-order chi connectivity index (χ0) is 20.5. The van der Waals surface area contributed by atoms with Crippen molar-refractivity contribution in [3.8, 4) is 0 Å². The quantitative estimate of drug-likeness (QED) is 0.321. The summed E-state index contributed by atoms with van der Waals surface area (Å²) in [4.78, 5) is 42.3. The normalized spacial score (nSPS) is 11.6. The van der Waals surface area contributed by atoms with Crippen LogP contribution in [0.2, 0.25) is 0 Å². The van der Waals surface area contributed by atoms with Crippen molar-refractivity contribution in [3.63, 3.8) is 0 Å². The first-order chi connectivity index (χ1) is 13.4. The SMILES string of the molecule is O=C(CCNC(=O)c1cc(CS)cc(CS)c1)N[C@@H](Cc1cnc[nH]1)C(=O)O. The number of carboxylic acid groups (broad SMARTS) is 1. The highest BCUT2D eigenvalue weighted by molar-refractivity contribution is 7.79. The lowest BCUT2D eigenvalue weighted by atomic mass is 10.1. The Morgan fingerprint density at radius 1 is 1.14 bits per heavy atom. The summed E-state index contributed by atoms with van der Waals surface area (Å²) in [6.45, 7) is 0.0857. The van der Waals surface area contributed by atoms with Crippen LogP contribution in [0.3, 0.4) is 0 Å². The predicted molar refractivity (Wildman–Crippen MR) is 111 cm³/mol. The number of imidazole rings is 1. The fraction of sp³-hybridized carbons (Fsp3) is 0.333. The molecular weight excluding hydrogens is 400 g/mol. The van der Waals surface area contributed by atoms with Crippen molar-refractivity contribution < 1.29 is 19.5 Å². The van der Waals surface area contributed by atoms with Gasteiger partial charge in [0.1, 0.15) is 6.04 Å². The average Bonchev–Trinajstić information content (AvgIpc) is 3.19. The van der Waals surface area contributed by atoms with Crippen LogP contribution in [-0.2, 0) is 27.5 Å².